The Bertz CT molecular complexity index is 476. The molecule has 1 aliphatic rings. The fourth-order valence-electron chi connectivity index (χ4n) is 2.43. The van der Waals surface area contributed by atoms with Gasteiger partial charge in [-0.1, -0.05) is 13.3 Å². The standard InChI is InChI=1S/C14H19N5O/c1-2-3-13(8-15)18-4-6-19(7-5-18)14(20)12-9-16-11-17-10-12/h9-11,13H,2-7H2,1H3. The molecule has 1 aromatic heterocycles. The number of aromatic nitrogens is 2. The Balaban J connectivity index is 1.91. The molecule has 1 aromatic rings. The highest BCUT2D eigenvalue weighted by molar-refractivity contribution is 5.93. The number of hydrogen-bond acceptors (Lipinski definition) is 5. The molecule has 1 atom stereocenters. The topological polar surface area (TPSA) is 73.1 Å². The molecule has 0 N–H and O–H groups in total. The van der Waals surface area contributed by atoms with Gasteiger partial charge in [0, 0.05) is 38.6 Å². The Kier molecular flexibility index (Phi) is 5.02. The molecule has 6 heteroatoms. The Hall–Kier alpha value is -2.00. The average molecular weight is 273 g/mol. The van der Waals surface area contributed by atoms with Crippen LogP contribution in [0.3, 0.4) is 0 Å². The highest BCUT2D eigenvalue weighted by Crippen LogP contribution is 2.12. The van der Waals surface area contributed by atoms with Gasteiger partial charge in [-0.3, -0.25) is 9.69 Å². The third-order valence-corrected chi connectivity index (χ3v) is 3.56. The average Bonchev–Trinajstić information content (AvgIpc) is 2.53. The van der Waals surface area contributed by atoms with Crippen LogP contribution in [0.5, 0.6) is 0 Å². The predicted octanol–water partition coefficient (Wildman–Crippen LogP) is 0.927. The molecule has 0 aliphatic carbocycles. The molecule has 20 heavy (non-hydrogen) atoms. The molecule has 6 nitrogen and oxygen atoms in total. The third-order valence-electron chi connectivity index (χ3n) is 3.56. The molecular formula is C14H19N5O. The van der Waals surface area contributed by atoms with E-state index in [-0.39, 0.29) is 11.9 Å². The summed E-state index contributed by atoms with van der Waals surface area (Å²) < 4.78 is 0. The molecule has 0 radical (unpaired) electrons. The van der Waals surface area contributed by atoms with Crippen LogP contribution in [0.2, 0.25) is 0 Å². The predicted molar refractivity (Wildman–Crippen MR) is 73.8 cm³/mol. The quantitative estimate of drug-likeness (QED) is 0.816. The van der Waals surface area contributed by atoms with Crippen LogP contribution < -0.4 is 0 Å². The van der Waals surface area contributed by atoms with Gasteiger partial charge in [-0.05, 0) is 6.42 Å². The van der Waals surface area contributed by atoms with Gasteiger partial charge in [0.15, 0.2) is 0 Å². The van der Waals surface area contributed by atoms with E-state index in [0.29, 0.717) is 18.7 Å². The maximum atomic E-state index is 12.2. The molecule has 0 spiro atoms. The molecule has 1 saturated heterocycles. The van der Waals surface area contributed by atoms with Crippen molar-refractivity contribution >= 4 is 5.91 Å². The van der Waals surface area contributed by atoms with Crippen LogP contribution in [0.4, 0.5) is 0 Å². The Labute approximate surface area is 119 Å². The molecule has 1 amide bonds. The van der Waals surface area contributed by atoms with E-state index in [1.807, 2.05) is 0 Å². The van der Waals surface area contributed by atoms with E-state index in [1.165, 1.54) is 18.7 Å². The summed E-state index contributed by atoms with van der Waals surface area (Å²) in [6.45, 7) is 4.88. The summed E-state index contributed by atoms with van der Waals surface area (Å²) in [5.41, 5.74) is 0.520. The first kappa shape index (κ1) is 14.4. The minimum atomic E-state index is -0.0331. The minimum absolute atomic E-state index is 0.0303. The summed E-state index contributed by atoms with van der Waals surface area (Å²) in [6, 6.07) is 2.32. The minimum Gasteiger partial charge on any atom is -0.336 e. The highest BCUT2D eigenvalue weighted by Gasteiger charge is 2.26. The van der Waals surface area contributed by atoms with Gasteiger partial charge >= 0.3 is 0 Å². The van der Waals surface area contributed by atoms with Gasteiger partial charge in [-0.25, -0.2) is 9.97 Å². The largest absolute Gasteiger partial charge is 0.336 e. The fraction of sp³-hybridized carbons (Fsp3) is 0.571. The van der Waals surface area contributed by atoms with Gasteiger partial charge in [0.05, 0.1) is 17.7 Å². The summed E-state index contributed by atoms with van der Waals surface area (Å²) in [4.78, 5) is 23.9. The lowest BCUT2D eigenvalue weighted by atomic mass is 10.1. The van der Waals surface area contributed by atoms with E-state index in [0.717, 1.165) is 25.9 Å². The molecule has 1 unspecified atom stereocenters. The number of hydrogen-bond donors (Lipinski definition) is 0. The molecule has 2 rings (SSSR count). The van der Waals surface area contributed by atoms with Crippen LogP contribution >= 0.6 is 0 Å². The first-order valence-electron chi connectivity index (χ1n) is 6.94. The van der Waals surface area contributed by atoms with Gasteiger partial charge in [0.25, 0.3) is 5.91 Å². The normalized spacial score (nSPS) is 17.5. The van der Waals surface area contributed by atoms with Crippen LogP contribution in [0.15, 0.2) is 18.7 Å². The maximum absolute atomic E-state index is 12.2. The van der Waals surface area contributed by atoms with Crippen molar-refractivity contribution in [2.45, 2.75) is 25.8 Å². The lowest BCUT2D eigenvalue weighted by Crippen LogP contribution is -2.51. The van der Waals surface area contributed by atoms with Crippen LogP contribution in [0.1, 0.15) is 30.1 Å². The zero-order chi connectivity index (χ0) is 14.4. The van der Waals surface area contributed by atoms with Crippen molar-refractivity contribution in [2.24, 2.45) is 0 Å². The monoisotopic (exact) mass is 273 g/mol. The molecule has 0 aromatic carbocycles. The first-order chi connectivity index (χ1) is 9.76. The van der Waals surface area contributed by atoms with Crippen molar-refractivity contribution in [3.05, 3.63) is 24.3 Å². The number of rotatable bonds is 4. The number of piperazine rings is 1. The zero-order valence-electron chi connectivity index (χ0n) is 11.7. The van der Waals surface area contributed by atoms with Crippen molar-refractivity contribution in [3.63, 3.8) is 0 Å². The summed E-state index contributed by atoms with van der Waals surface area (Å²) in [5.74, 6) is -0.0331. The number of nitriles is 1. The highest BCUT2D eigenvalue weighted by atomic mass is 16.2. The Morgan fingerprint density at radius 2 is 2.00 bits per heavy atom. The third kappa shape index (κ3) is 3.31. The van der Waals surface area contributed by atoms with E-state index in [2.05, 4.69) is 27.9 Å². The van der Waals surface area contributed by atoms with Gasteiger partial charge in [0.1, 0.15) is 6.33 Å². The first-order valence-corrected chi connectivity index (χ1v) is 6.94. The fourth-order valence-corrected chi connectivity index (χ4v) is 2.43. The second-order valence-electron chi connectivity index (χ2n) is 4.89. The molecule has 0 saturated carbocycles. The number of carbonyl (C=O) groups is 1. The lowest BCUT2D eigenvalue weighted by molar-refractivity contribution is 0.0600. The Morgan fingerprint density at radius 1 is 1.35 bits per heavy atom. The molecule has 2 heterocycles. The Morgan fingerprint density at radius 3 is 2.55 bits per heavy atom. The van der Waals surface area contributed by atoms with E-state index in [1.54, 1.807) is 4.90 Å². The summed E-state index contributed by atoms with van der Waals surface area (Å²) in [6.07, 6.45) is 6.38. The smallest absolute Gasteiger partial charge is 0.257 e. The van der Waals surface area contributed by atoms with Gasteiger partial charge < -0.3 is 4.90 Å². The van der Waals surface area contributed by atoms with E-state index < -0.39 is 0 Å². The SMILES string of the molecule is CCCC(C#N)N1CCN(C(=O)c2cncnc2)CC1. The summed E-state index contributed by atoms with van der Waals surface area (Å²) in [7, 11) is 0. The second kappa shape index (κ2) is 6.96. The number of nitrogens with zero attached hydrogens (tertiary/aromatic N) is 5. The molecule has 0 bridgehead atoms. The molecule has 1 aliphatic heterocycles. The lowest BCUT2D eigenvalue weighted by Gasteiger charge is -2.36. The van der Waals surface area contributed by atoms with Crippen molar-refractivity contribution < 1.29 is 4.79 Å². The summed E-state index contributed by atoms with van der Waals surface area (Å²) in [5, 5.41) is 9.17. The maximum Gasteiger partial charge on any atom is 0.257 e. The van der Waals surface area contributed by atoms with Crippen molar-refractivity contribution in [2.75, 3.05) is 26.2 Å². The molecule has 1 fully saturated rings. The van der Waals surface area contributed by atoms with Crippen LogP contribution in [0.25, 0.3) is 0 Å². The summed E-state index contributed by atoms with van der Waals surface area (Å²) >= 11 is 0. The molecular weight excluding hydrogens is 254 g/mol. The number of amides is 1. The van der Waals surface area contributed by atoms with Gasteiger partial charge in [-0.15, -0.1) is 0 Å². The van der Waals surface area contributed by atoms with Crippen LogP contribution in [0, 0.1) is 11.3 Å². The molecule has 106 valence electrons. The van der Waals surface area contributed by atoms with Crippen molar-refractivity contribution in [3.8, 4) is 6.07 Å². The van der Waals surface area contributed by atoms with Gasteiger partial charge in [0.2, 0.25) is 0 Å². The van der Waals surface area contributed by atoms with E-state index in [9.17, 15) is 10.1 Å². The number of carbonyl (C=O) groups excluding carboxylic acids is 1. The van der Waals surface area contributed by atoms with Crippen LogP contribution in [-0.2, 0) is 0 Å². The van der Waals surface area contributed by atoms with E-state index >= 15 is 0 Å². The van der Waals surface area contributed by atoms with Crippen molar-refractivity contribution in [1.29, 1.82) is 5.26 Å². The van der Waals surface area contributed by atoms with Gasteiger partial charge in [-0.2, -0.15) is 5.26 Å². The zero-order valence-corrected chi connectivity index (χ0v) is 11.7. The second-order valence-corrected chi connectivity index (χ2v) is 4.89. The van der Waals surface area contributed by atoms with E-state index in [4.69, 9.17) is 0 Å². The van der Waals surface area contributed by atoms with Crippen molar-refractivity contribution in [1.82, 2.24) is 19.8 Å². The van der Waals surface area contributed by atoms with Crippen LogP contribution in [-0.4, -0.2) is 57.9 Å².